The van der Waals surface area contributed by atoms with Crippen LogP contribution < -0.4 is 15.4 Å². The van der Waals surface area contributed by atoms with E-state index in [9.17, 15) is 8.78 Å². The summed E-state index contributed by atoms with van der Waals surface area (Å²) in [6.45, 7) is 2.95. The zero-order valence-electron chi connectivity index (χ0n) is 12.2. The van der Waals surface area contributed by atoms with E-state index in [-0.39, 0.29) is 17.9 Å². The molecule has 1 rings (SSSR count). The zero-order valence-corrected chi connectivity index (χ0v) is 12.2. The molecule has 0 spiro atoms. The third-order valence-corrected chi connectivity index (χ3v) is 2.32. The minimum absolute atomic E-state index is 0.0252. The van der Waals surface area contributed by atoms with E-state index in [2.05, 4.69) is 25.6 Å². The standard InChI is InChI=1S/C12H21F2N5O2/c1-3-5-15-9-17-10(16-7-12(13,14)8-20)19-11(18-9)21-6-4-2/h20H,3-8H2,1-2H3,(H2,15,16,17,18,19). The normalized spacial score (nSPS) is 11.3. The maximum Gasteiger partial charge on any atom is 0.323 e. The van der Waals surface area contributed by atoms with E-state index in [0.29, 0.717) is 13.2 Å². The maximum absolute atomic E-state index is 13.0. The van der Waals surface area contributed by atoms with Gasteiger partial charge in [-0.1, -0.05) is 13.8 Å². The number of aliphatic hydroxyl groups excluding tert-OH is 1. The highest BCUT2D eigenvalue weighted by Crippen LogP contribution is 2.15. The summed E-state index contributed by atoms with van der Waals surface area (Å²) in [6, 6.07) is 0.0697. The van der Waals surface area contributed by atoms with E-state index in [0.717, 1.165) is 12.8 Å². The number of anilines is 2. The topological polar surface area (TPSA) is 92.2 Å². The number of rotatable bonds is 10. The van der Waals surface area contributed by atoms with Crippen LogP contribution in [0.2, 0.25) is 0 Å². The molecule has 120 valence electrons. The Bertz CT molecular complexity index is 408. The second-order valence-electron chi connectivity index (χ2n) is 4.41. The quantitative estimate of drug-likeness (QED) is 0.603. The summed E-state index contributed by atoms with van der Waals surface area (Å²) < 4.78 is 31.3. The van der Waals surface area contributed by atoms with Crippen LogP contribution in [0.3, 0.4) is 0 Å². The Morgan fingerprint density at radius 2 is 1.76 bits per heavy atom. The molecule has 0 aromatic carbocycles. The molecule has 1 aromatic heterocycles. The lowest BCUT2D eigenvalue weighted by Gasteiger charge is -2.14. The summed E-state index contributed by atoms with van der Waals surface area (Å²) in [6.07, 6.45) is 1.64. The first-order valence-electron chi connectivity index (χ1n) is 6.86. The highest BCUT2D eigenvalue weighted by atomic mass is 19.3. The van der Waals surface area contributed by atoms with Crippen molar-refractivity contribution in [3.05, 3.63) is 0 Å². The molecular weight excluding hydrogens is 284 g/mol. The highest BCUT2D eigenvalue weighted by molar-refractivity contribution is 5.36. The van der Waals surface area contributed by atoms with Crippen molar-refractivity contribution in [3.63, 3.8) is 0 Å². The van der Waals surface area contributed by atoms with Crippen LogP contribution in [-0.4, -0.2) is 52.3 Å². The van der Waals surface area contributed by atoms with Gasteiger partial charge in [0, 0.05) is 6.54 Å². The lowest BCUT2D eigenvalue weighted by Crippen LogP contribution is -2.31. The first-order chi connectivity index (χ1) is 10.0. The molecule has 0 atom stereocenters. The number of aliphatic hydroxyl groups is 1. The number of aromatic nitrogens is 3. The Morgan fingerprint density at radius 1 is 1.10 bits per heavy atom. The molecule has 3 N–H and O–H groups in total. The van der Waals surface area contributed by atoms with E-state index < -0.39 is 19.1 Å². The Balaban J connectivity index is 2.79. The van der Waals surface area contributed by atoms with Gasteiger partial charge in [0.15, 0.2) is 0 Å². The van der Waals surface area contributed by atoms with Gasteiger partial charge in [-0.3, -0.25) is 0 Å². The fourth-order valence-corrected chi connectivity index (χ4v) is 1.27. The third-order valence-electron chi connectivity index (χ3n) is 2.32. The Hall–Kier alpha value is -1.77. The van der Waals surface area contributed by atoms with Crippen LogP contribution in [0.25, 0.3) is 0 Å². The summed E-state index contributed by atoms with van der Waals surface area (Å²) >= 11 is 0. The monoisotopic (exact) mass is 305 g/mol. The van der Waals surface area contributed by atoms with Crippen molar-refractivity contribution in [2.45, 2.75) is 32.6 Å². The van der Waals surface area contributed by atoms with E-state index >= 15 is 0 Å². The molecule has 0 radical (unpaired) electrons. The van der Waals surface area contributed by atoms with Crippen LogP contribution in [0.4, 0.5) is 20.7 Å². The van der Waals surface area contributed by atoms with Gasteiger partial charge in [0.1, 0.15) is 6.61 Å². The number of alkyl halides is 2. The van der Waals surface area contributed by atoms with Crippen LogP contribution in [0, 0.1) is 0 Å². The highest BCUT2D eigenvalue weighted by Gasteiger charge is 2.27. The lowest BCUT2D eigenvalue weighted by atomic mass is 10.3. The molecule has 0 aliphatic rings. The maximum atomic E-state index is 13.0. The molecule has 7 nitrogen and oxygen atoms in total. The van der Waals surface area contributed by atoms with Gasteiger partial charge in [-0.15, -0.1) is 0 Å². The van der Waals surface area contributed by atoms with Gasteiger partial charge in [-0.2, -0.15) is 15.0 Å². The molecule has 0 saturated heterocycles. The van der Waals surface area contributed by atoms with Gasteiger partial charge in [-0.25, -0.2) is 8.78 Å². The molecule has 0 saturated carbocycles. The number of nitrogens with one attached hydrogen (secondary N) is 2. The molecule has 0 aliphatic carbocycles. The van der Waals surface area contributed by atoms with E-state index in [1.165, 1.54) is 0 Å². The molecule has 1 aromatic rings. The van der Waals surface area contributed by atoms with Gasteiger partial charge in [0.05, 0.1) is 13.2 Å². The predicted octanol–water partition coefficient (Wildman–Crippen LogP) is 1.52. The zero-order chi connectivity index (χ0) is 15.7. The minimum atomic E-state index is -3.24. The Kier molecular flexibility index (Phi) is 7.00. The molecule has 0 unspecified atom stereocenters. The number of hydrogen-bond donors (Lipinski definition) is 3. The molecule has 0 fully saturated rings. The summed E-state index contributed by atoms with van der Waals surface area (Å²) in [7, 11) is 0. The number of halogens is 2. The van der Waals surface area contributed by atoms with Crippen LogP contribution in [0.15, 0.2) is 0 Å². The number of hydrogen-bond acceptors (Lipinski definition) is 7. The van der Waals surface area contributed by atoms with Crippen LogP contribution in [0.5, 0.6) is 6.01 Å². The van der Waals surface area contributed by atoms with Crippen molar-refractivity contribution < 1.29 is 18.6 Å². The smallest absolute Gasteiger partial charge is 0.323 e. The largest absolute Gasteiger partial charge is 0.463 e. The molecule has 1 heterocycles. The number of ether oxygens (including phenoxy) is 1. The lowest BCUT2D eigenvalue weighted by molar-refractivity contribution is -0.0374. The average molecular weight is 305 g/mol. The van der Waals surface area contributed by atoms with Crippen molar-refractivity contribution in [2.75, 3.05) is 36.9 Å². The molecule has 0 amide bonds. The summed E-state index contributed by atoms with van der Waals surface area (Å²) in [5.74, 6) is -3.01. The second-order valence-corrected chi connectivity index (χ2v) is 4.41. The summed E-state index contributed by atoms with van der Waals surface area (Å²) in [4.78, 5) is 11.9. The van der Waals surface area contributed by atoms with Crippen LogP contribution in [0.1, 0.15) is 26.7 Å². The first-order valence-corrected chi connectivity index (χ1v) is 6.86. The van der Waals surface area contributed by atoms with Crippen molar-refractivity contribution in [2.24, 2.45) is 0 Å². The fourth-order valence-electron chi connectivity index (χ4n) is 1.27. The van der Waals surface area contributed by atoms with E-state index in [4.69, 9.17) is 9.84 Å². The van der Waals surface area contributed by atoms with Crippen molar-refractivity contribution >= 4 is 11.9 Å². The molecule has 0 aliphatic heterocycles. The van der Waals surface area contributed by atoms with Gasteiger partial charge < -0.3 is 20.5 Å². The van der Waals surface area contributed by atoms with Crippen molar-refractivity contribution in [1.29, 1.82) is 0 Å². The SMILES string of the molecule is CCCNc1nc(NCC(F)(F)CO)nc(OCCC)n1. The van der Waals surface area contributed by atoms with E-state index in [1.54, 1.807) is 0 Å². The predicted molar refractivity (Wildman–Crippen MR) is 74.9 cm³/mol. The second kappa shape index (κ2) is 8.50. The van der Waals surface area contributed by atoms with Crippen LogP contribution in [-0.2, 0) is 0 Å². The molecule has 21 heavy (non-hydrogen) atoms. The fraction of sp³-hybridized carbons (Fsp3) is 0.750. The third kappa shape index (κ3) is 6.48. The molecule has 0 bridgehead atoms. The first kappa shape index (κ1) is 17.3. The van der Waals surface area contributed by atoms with Gasteiger partial charge in [-0.05, 0) is 12.8 Å². The summed E-state index contributed by atoms with van der Waals surface area (Å²) in [5.41, 5.74) is 0. The van der Waals surface area contributed by atoms with Crippen LogP contribution >= 0.6 is 0 Å². The van der Waals surface area contributed by atoms with Crippen molar-refractivity contribution in [3.8, 4) is 6.01 Å². The van der Waals surface area contributed by atoms with Gasteiger partial charge >= 0.3 is 6.01 Å². The Morgan fingerprint density at radius 3 is 2.33 bits per heavy atom. The van der Waals surface area contributed by atoms with Gasteiger partial charge in [0.2, 0.25) is 11.9 Å². The summed E-state index contributed by atoms with van der Waals surface area (Å²) in [5, 5.41) is 13.9. The Labute approximate surface area is 122 Å². The molecule has 9 heteroatoms. The van der Waals surface area contributed by atoms with Gasteiger partial charge in [0.25, 0.3) is 5.92 Å². The van der Waals surface area contributed by atoms with Crippen molar-refractivity contribution in [1.82, 2.24) is 15.0 Å². The average Bonchev–Trinajstić information content (AvgIpc) is 2.49. The van der Waals surface area contributed by atoms with E-state index in [1.807, 2.05) is 13.8 Å². The molecular formula is C12H21F2N5O2. The minimum Gasteiger partial charge on any atom is -0.463 e. The number of nitrogens with zero attached hydrogens (tertiary/aromatic N) is 3.